The topological polar surface area (TPSA) is 55.8 Å². The molecule has 0 N–H and O–H groups in total. The normalized spacial score (nSPS) is 10.2. The van der Waals surface area contributed by atoms with Crippen LogP contribution in [0.2, 0.25) is 0 Å². The zero-order valence-corrected chi connectivity index (χ0v) is 14.4. The van der Waals surface area contributed by atoms with Crippen LogP contribution in [0.1, 0.15) is 13.8 Å². The maximum atomic E-state index is 11.9. The highest BCUT2D eigenvalue weighted by atomic mass is 32.2. The van der Waals surface area contributed by atoms with Crippen molar-refractivity contribution in [1.29, 1.82) is 0 Å². The van der Waals surface area contributed by atoms with Crippen molar-refractivity contribution in [3.05, 3.63) is 30.3 Å². The lowest BCUT2D eigenvalue weighted by Gasteiger charge is -2.22. The third-order valence-electron chi connectivity index (χ3n) is 2.64. The van der Waals surface area contributed by atoms with Crippen LogP contribution in [0, 0.1) is 0 Å². The van der Waals surface area contributed by atoms with Gasteiger partial charge in [-0.2, -0.15) is 0 Å². The fourth-order valence-corrected chi connectivity index (χ4v) is 2.75. The van der Waals surface area contributed by atoms with Crippen molar-refractivity contribution in [3.63, 3.8) is 0 Å². The van der Waals surface area contributed by atoms with Gasteiger partial charge in [-0.1, -0.05) is 42.2 Å². The van der Waals surface area contributed by atoms with E-state index in [9.17, 15) is 9.59 Å². The summed E-state index contributed by atoms with van der Waals surface area (Å²) in [6.07, 6.45) is 0. The Morgan fingerprint density at radius 3 is 2.09 bits per heavy atom. The van der Waals surface area contributed by atoms with E-state index in [0.29, 0.717) is 4.32 Å². The number of thiocarbonyl (C=S) groups is 1. The van der Waals surface area contributed by atoms with Crippen LogP contribution in [-0.4, -0.2) is 41.8 Å². The molecule has 0 aliphatic heterocycles. The summed E-state index contributed by atoms with van der Waals surface area (Å²) in [4.78, 5) is 25.6. The van der Waals surface area contributed by atoms with Crippen molar-refractivity contribution in [2.45, 2.75) is 19.1 Å². The second kappa shape index (κ2) is 9.42. The first-order chi connectivity index (χ1) is 10.5. The molecule has 0 heterocycles. The molecular weight excluding hydrogens is 322 g/mol. The number of benzene rings is 1. The van der Waals surface area contributed by atoms with Gasteiger partial charge in [0.2, 0.25) is 5.25 Å². The van der Waals surface area contributed by atoms with Crippen LogP contribution in [0.5, 0.6) is 0 Å². The Hall–Kier alpha value is -1.60. The second-order valence-electron chi connectivity index (χ2n) is 4.16. The maximum Gasteiger partial charge on any atom is 0.331 e. The average molecular weight is 341 g/mol. The van der Waals surface area contributed by atoms with Crippen LogP contribution in [-0.2, 0) is 19.1 Å². The lowest BCUT2D eigenvalue weighted by atomic mass is 10.3. The Bertz CT molecular complexity index is 504. The van der Waals surface area contributed by atoms with E-state index in [2.05, 4.69) is 0 Å². The number of thioether (sulfide) groups is 1. The van der Waals surface area contributed by atoms with Crippen molar-refractivity contribution >= 4 is 45.9 Å². The molecule has 5 nitrogen and oxygen atoms in total. The molecule has 0 aliphatic carbocycles. The van der Waals surface area contributed by atoms with Gasteiger partial charge in [0.25, 0.3) is 0 Å². The predicted octanol–water partition coefficient (Wildman–Crippen LogP) is 2.64. The number of carbonyl (C=O) groups is 2. The van der Waals surface area contributed by atoms with Crippen LogP contribution in [0.25, 0.3) is 0 Å². The van der Waals surface area contributed by atoms with Crippen molar-refractivity contribution in [1.82, 2.24) is 0 Å². The third kappa shape index (κ3) is 5.31. The quantitative estimate of drug-likeness (QED) is 0.448. The zero-order valence-electron chi connectivity index (χ0n) is 12.8. The van der Waals surface area contributed by atoms with Crippen molar-refractivity contribution in [2.24, 2.45) is 0 Å². The molecule has 0 saturated carbocycles. The molecule has 22 heavy (non-hydrogen) atoms. The maximum absolute atomic E-state index is 11.9. The summed E-state index contributed by atoms with van der Waals surface area (Å²) in [6.45, 7) is 3.74. The third-order valence-corrected chi connectivity index (χ3v) is 4.30. The van der Waals surface area contributed by atoms with Crippen LogP contribution in [0.4, 0.5) is 5.69 Å². The minimum Gasteiger partial charge on any atom is -0.465 e. The first-order valence-electron chi connectivity index (χ1n) is 6.83. The number of ether oxygens (including phenoxy) is 2. The van der Waals surface area contributed by atoms with Gasteiger partial charge in [-0.05, 0) is 26.0 Å². The summed E-state index contributed by atoms with van der Waals surface area (Å²) in [5, 5.41) is -1.11. The number of carbonyl (C=O) groups excluding carboxylic acids is 2. The monoisotopic (exact) mass is 341 g/mol. The van der Waals surface area contributed by atoms with Gasteiger partial charge >= 0.3 is 11.9 Å². The molecule has 0 atom stereocenters. The van der Waals surface area contributed by atoms with Crippen LogP contribution in [0.3, 0.4) is 0 Å². The van der Waals surface area contributed by atoms with E-state index in [1.54, 1.807) is 25.8 Å². The van der Waals surface area contributed by atoms with E-state index in [1.807, 2.05) is 30.3 Å². The Morgan fingerprint density at radius 2 is 1.64 bits per heavy atom. The molecule has 0 amide bonds. The Balaban J connectivity index is 2.82. The van der Waals surface area contributed by atoms with E-state index in [1.165, 1.54) is 0 Å². The molecular formula is C15H19NO4S2. The van der Waals surface area contributed by atoms with E-state index < -0.39 is 17.2 Å². The van der Waals surface area contributed by atoms with Crippen LogP contribution < -0.4 is 4.90 Å². The van der Waals surface area contributed by atoms with Crippen molar-refractivity contribution in [3.8, 4) is 0 Å². The molecule has 0 aliphatic rings. The highest BCUT2D eigenvalue weighted by Gasteiger charge is 2.32. The van der Waals surface area contributed by atoms with Gasteiger partial charge < -0.3 is 14.4 Å². The van der Waals surface area contributed by atoms with E-state index >= 15 is 0 Å². The van der Waals surface area contributed by atoms with Gasteiger partial charge in [-0.25, -0.2) is 0 Å². The molecule has 0 aromatic heterocycles. The molecule has 0 radical (unpaired) electrons. The summed E-state index contributed by atoms with van der Waals surface area (Å²) in [7, 11) is 1.78. The molecule has 0 fully saturated rings. The largest absolute Gasteiger partial charge is 0.465 e. The summed E-state index contributed by atoms with van der Waals surface area (Å²) in [6, 6.07) is 9.43. The molecule has 0 saturated heterocycles. The SMILES string of the molecule is CCOC(=O)C(SC(=S)N(C)c1ccccc1)C(=O)OCC. The number of rotatable bonds is 6. The first kappa shape index (κ1) is 18.4. The molecule has 7 heteroatoms. The van der Waals surface area contributed by atoms with Gasteiger partial charge in [0, 0.05) is 12.7 Å². The number of hydrogen-bond donors (Lipinski definition) is 0. The zero-order chi connectivity index (χ0) is 16.5. The highest BCUT2D eigenvalue weighted by molar-refractivity contribution is 8.24. The number of hydrogen-bond acceptors (Lipinski definition) is 6. The summed E-state index contributed by atoms with van der Waals surface area (Å²) >= 11 is 6.27. The minimum absolute atomic E-state index is 0.191. The molecule has 1 rings (SSSR count). The van der Waals surface area contributed by atoms with Crippen LogP contribution >= 0.6 is 24.0 Å². The molecule has 1 aromatic rings. The summed E-state index contributed by atoms with van der Waals surface area (Å²) < 4.78 is 10.2. The van der Waals surface area contributed by atoms with Crippen LogP contribution in [0.15, 0.2) is 30.3 Å². The van der Waals surface area contributed by atoms with E-state index in [0.717, 1.165) is 17.4 Å². The minimum atomic E-state index is -1.11. The standard InChI is InChI=1S/C15H19NO4S2/c1-4-19-13(17)12(14(18)20-5-2)22-15(21)16(3)11-9-7-6-8-10-11/h6-10,12H,4-5H2,1-3H3. The van der Waals surface area contributed by atoms with Crippen molar-refractivity contribution < 1.29 is 19.1 Å². The summed E-state index contributed by atoms with van der Waals surface area (Å²) in [5.41, 5.74) is 0.867. The first-order valence-corrected chi connectivity index (χ1v) is 8.12. The van der Waals surface area contributed by atoms with Gasteiger partial charge in [0.1, 0.15) is 4.32 Å². The Morgan fingerprint density at radius 1 is 1.14 bits per heavy atom. The van der Waals surface area contributed by atoms with Gasteiger partial charge in [0.15, 0.2) is 0 Å². The molecule has 1 aromatic carbocycles. The Labute approximate surface area is 140 Å². The van der Waals surface area contributed by atoms with Gasteiger partial charge in [-0.3, -0.25) is 9.59 Å². The number of nitrogens with zero attached hydrogens (tertiary/aromatic N) is 1. The number of esters is 2. The van der Waals surface area contributed by atoms with Crippen molar-refractivity contribution in [2.75, 3.05) is 25.2 Å². The van der Waals surface area contributed by atoms with E-state index in [4.69, 9.17) is 21.7 Å². The lowest BCUT2D eigenvalue weighted by Crippen LogP contribution is -2.34. The Kier molecular flexibility index (Phi) is 7.90. The van der Waals surface area contributed by atoms with Gasteiger partial charge in [0.05, 0.1) is 13.2 Å². The van der Waals surface area contributed by atoms with Gasteiger partial charge in [-0.15, -0.1) is 0 Å². The molecule has 120 valence electrons. The smallest absolute Gasteiger partial charge is 0.331 e. The highest BCUT2D eigenvalue weighted by Crippen LogP contribution is 2.23. The lowest BCUT2D eigenvalue weighted by molar-refractivity contribution is -0.152. The van der Waals surface area contributed by atoms with E-state index in [-0.39, 0.29) is 13.2 Å². The fraction of sp³-hybridized carbons (Fsp3) is 0.400. The summed E-state index contributed by atoms with van der Waals surface area (Å²) in [5.74, 6) is -1.29. The molecule has 0 unspecified atom stereocenters. The second-order valence-corrected chi connectivity index (χ2v) is 5.90. The molecule has 0 bridgehead atoms. The average Bonchev–Trinajstić information content (AvgIpc) is 2.52. The fourth-order valence-electron chi connectivity index (χ4n) is 1.57. The molecule has 0 spiro atoms. The number of anilines is 1. The predicted molar refractivity (Wildman–Crippen MR) is 92.1 cm³/mol. The number of para-hydroxylation sites is 1.